The highest BCUT2D eigenvalue weighted by molar-refractivity contribution is 7.79. The van der Waals surface area contributed by atoms with Crippen LogP contribution in [0.15, 0.2) is 42.5 Å². The van der Waals surface area contributed by atoms with Crippen LogP contribution >= 0.6 is 0 Å². The van der Waals surface area contributed by atoms with Gasteiger partial charge in [0.25, 0.3) is 0 Å². The van der Waals surface area contributed by atoms with Gasteiger partial charge in [-0.1, -0.05) is 24.3 Å². The molecule has 1 aromatic heterocycles. The molecule has 6 nitrogen and oxygen atoms in total. The number of nitrogens with zero attached hydrogens (tertiary/aromatic N) is 1. The third-order valence-corrected chi connectivity index (χ3v) is 2.92. The van der Waals surface area contributed by atoms with Crippen LogP contribution in [0, 0.1) is 6.92 Å². The van der Waals surface area contributed by atoms with Gasteiger partial charge in [0.15, 0.2) is 0 Å². The van der Waals surface area contributed by atoms with Gasteiger partial charge in [-0.3, -0.25) is 14.1 Å². The Kier molecular flexibility index (Phi) is 4.08. The third-order valence-electron chi connectivity index (χ3n) is 2.92. The summed E-state index contributed by atoms with van der Waals surface area (Å²) >= 11 is 0. The summed E-state index contributed by atoms with van der Waals surface area (Å²) in [5, 5.41) is 3.54. The van der Waals surface area contributed by atoms with Gasteiger partial charge in [0, 0.05) is 22.2 Å². The van der Waals surface area contributed by atoms with Crippen molar-refractivity contribution >= 4 is 37.8 Å². The summed E-state index contributed by atoms with van der Waals surface area (Å²) in [6.45, 7) is 2.02. The standard InChI is InChI=1S/C14H12N2.H2O4S/c1-9-13-8-10(15)6-7-11(13)12-4-2-3-5-14(12)16-9;1-5(2,3)4/h2-8H,15H2,1H3;(H2,1,2,3,4). The van der Waals surface area contributed by atoms with E-state index in [9.17, 15) is 0 Å². The van der Waals surface area contributed by atoms with Crippen molar-refractivity contribution in [3.63, 3.8) is 0 Å². The van der Waals surface area contributed by atoms with Gasteiger partial charge in [-0.2, -0.15) is 8.42 Å². The van der Waals surface area contributed by atoms with Crippen LogP contribution in [0.3, 0.4) is 0 Å². The minimum Gasteiger partial charge on any atom is -0.399 e. The molecule has 4 N–H and O–H groups in total. The second kappa shape index (κ2) is 5.65. The van der Waals surface area contributed by atoms with Crippen LogP contribution in [-0.2, 0) is 10.4 Å². The zero-order valence-electron chi connectivity index (χ0n) is 11.2. The summed E-state index contributed by atoms with van der Waals surface area (Å²) in [5.74, 6) is 0. The van der Waals surface area contributed by atoms with E-state index < -0.39 is 10.4 Å². The number of pyridine rings is 1. The van der Waals surface area contributed by atoms with E-state index in [4.69, 9.17) is 23.3 Å². The Morgan fingerprint density at radius 3 is 2.29 bits per heavy atom. The first-order chi connectivity index (χ1) is 9.75. The molecule has 110 valence electrons. The molecule has 0 radical (unpaired) electrons. The lowest BCUT2D eigenvalue weighted by atomic mass is 10.0. The van der Waals surface area contributed by atoms with Crippen LogP contribution in [0.5, 0.6) is 0 Å². The molecule has 3 rings (SSSR count). The van der Waals surface area contributed by atoms with Gasteiger partial charge in [-0.15, -0.1) is 0 Å². The Bertz CT molecular complexity index is 899. The average molecular weight is 306 g/mol. The Balaban J connectivity index is 0.000000282. The maximum Gasteiger partial charge on any atom is 0.394 e. The van der Waals surface area contributed by atoms with Crippen molar-refractivity contribution in [3.8, 4) is 0 Å². The Morgan fingerprint density at radius 2 is 1.62 bits per heavy atom. The van der Waals surface area contributed by atoms with E-state index >= 15 is 0 Å². The molecule has 0 saturated carbocycles. The molecule has 0 aliphatic rings. The molecule has 0 spiro atoms. The monoisotopic (exact) mass is 306 g/mol. The van der Waals surface area contributed by atoms with Crippen LogP contribution < -0.4 is 5.73 Å². The first-order valence-electron chi connectivity index (χ1n) is 6.00. The highest BCUT2D eigenvalue weighted by atomic mass is 32.3. The molecule has 7 heteroatoms. The molecule has 0 atom stereocenters. The number of benzene rings is 2. The zero-order valence-corrected chi connectivity index (χ0v) is 12.0. The number of aryl methyl sites for hydroxylation is 1. The fourth-order valence-electron chi connectivity index (χ4n) is 2.14. The maximum atomic E-state index is 8.74. The number of anilines is 1. The third kappa shape index (κ3) is 3.88. The predicted molar refractivity (Wildman–Crippen MR) is 82.6 cm³/mol. The fraction of sp³-hybridized carbons (Fsp3) is 0.0714. The smallest absolute Gasteiger partial charge is 0.394 e. The van der Waals surface area contributed by atoms with Crippen LogP contribution in [0.4, 0.5) is 5.69 Å². The average Bonchev–Trinajstić information content (AvgIpc) is 2.37. The second-order valence-electron chi connectivity index (χ2n) is 4.47. The van der Waals surface area contributed by atoms with Crippen molar-refractivity contribution in [1.82, 2.24) is 4.98 Å². The highest BCUT2D eigenvalue weighted by Gasteiger charge is 2.04. The van der Waals surface area contributed by atoms with E-state index in [2.05, 4.69) is 17.1 Å². The summed E-state index contributed by atoms with van der Waals surface area (Å²) < 4.78 is 31.6. The molecule has 0 unspecified atom stereocenters. The normalized spacial score (nSPS) is 11.2. The number of aromatic nitrogens is 1. The van der Waals surface area contributed by atoms with Crippen LogP contribution in [-0.4, -0.2) is 22.5 Å². The summed E-state index contributed by atoms with van der Waals surface area (Å²) in [6.07, 6.45) is 0. The fourth-order valence-corrected chi connectivity index (χ4v) is 2.14. The molecule has 0 aliphatic heterocycles. The molecule has 0 fully saturated rings. The molecular weight excluding hydrogens is 292 g/mol. The Labute approximate surface area is 121 Å². The summed E-state index contributed by atoms with van der Waals surface area (Å²) in [5.41, 5.74) is 8.66. The van der Waals surface area contributed by atoms with E-state index in [1.807, 2.05) is 37.3 Å². The number of para-hydroxylation sites is 1. The van der Waals surface area contributed by atoms with Gasteiger partial charge in [-0.05, 0) is 30.5 Å². The molecular formula is C14H14N2O4S. The largest absolute Gasteiger partial charge is 0.399 e. The van der Waals surface area contributed by atoms with Gasteiger partial charge in [-0.25, -0.2) is 0 Å². The SMILES string of the molecule is Cc1nc2ccccc2c2ccc(N)cc12.O=S(=O)(O)O. The molecule has 0 aliphatic carbocycles. The van der Waals surface area contributed by atoms with Crippen molar-refractivity contribution < 1.29 is 17.5 Å². The zero-order chi connectivity index (χ0) is 15.6. The van der Waals surface area contributed by atoms with Gasteiger partial charge in [0.1, 0.15) is 0 Å². The molecule has 0 saturated heterocycles. The van der Waals surface area contributed by atoms with Gasteiger partial charge in [0.05, 0.1) is 5.52 Å². The highest BCUT2D eigenvalue weighted by Crippen LogP contribution is 2.27. The minimum absolute atomic E-state index is 0.785. The number of nitrogens with two attached hydrogens (primary N) is 1. The Morgan fingerprint density at radius 1 is 1.00 bits per heavy atom. The summed E-state index contributed by atoms with van der Waals surface area (Å²) in [4.78, 5) is 4.59. The van der Waals surface area contributed by atoms with Crippen LogP contribution in [0.2, 0.25) is 0 Å². The number of hydrogen-bond acceptors (Lipinski definition) is 4. The molecule has 21 heavy (non-hydrogen) atoms. The number of rotatable bonds is 0. The van der Waals surface area contributed by atoms with Crippen molar-refractivity contribution in [3.05, 3.63) is 48.2 Å². The lowest BCUT2D eigenvalue weighted by Crippen LogP contribution is -1.90. The first-order valence-corrected chi connectivity index (χ1v) is 7.40. The number of hydrogen-bond donors (Lipinski definition) is 3. The van der Waals surface area contributed by atoms with Crippen molar-refractivity contribution in [2.24, 2.45) is 0 Å². The quantitative estimate of drug-likeness (QED) is 0.334. The van der Waals surface area contributed by atoms with E-state index in [1.54, 1.807) is 0 Å². The second-order valence-corrected chi connectivity index (χ2v) is 5.36. The van der Waals surface area contributed by atoms with Crippen LogP contribution in [0.25, 0.3) is 21.7 Å². The molecule has 0 bridgehead atoms. The van der Waals surface area contributed by atoms with Crippen LogP contribution in [0.1, 0.15) is 5.69 Å². The number of fused-ring (bicyclic) bond motifs is 3. The molecule has 1 heterocycles. The van der Waals surface area contributed by atoms with Crippen molar-refractivity contribution in [1.29, 1.82) is 0 Å². The molecule has 0 amide bonds. The topological polar surface area (TPSA) is 114 Å². The van der Waals surface area contributed by atoms with E-state index in [-0.39, 0.29) is 0 Å². The lowest BCUT2D eigenvalue weighted by Gasteiger charge is -2.07. The summed E-state index contributed by atoms with van der Waals surface area (Å²) in [7, 11) is -4.67. The molecule has 3 aromatic rings. The van der Waals surface area contributed by atoms with Gasteiger partial charge in [0.2, 0.25) is 0 Å². The number of nitrogen functional groups attached to an aromatic ring is 1. The summed E-state index contributed by atoms with van der Waals surface area (Å²) in [6, 6.07) is 14.2. The molecule has 2 aromatic carbocycles. The van der Waals surface area contributed by atoms with Crippen molar-refractivity contribution in [2.45, 2.75) is 6.92 Å². The van der Waals surface area contributed by atoms with Gasteiger partial charge < -0.3 is 5.73 Å². The Hall–Kier alpha value is -2.22. The maximum absolute atomic E-state index is 8.74. The van der Waals surface area contributed by atoms with Crippen molar-refractivity contribution in [2.75, 3.05) is 5.73 Å². The van der Waals surface area contributed by atoms with E-state index in [1.165, 1.54) is 10.8 Å². The minimum atomic E-state index is -4.67. The predicted octanol–water partition coefficient (Wildman–Crippen LogP) is 2.63. The first kappa shape index (κ1) is 15.2. The lowest BCUT2D eigenvalue weighted by molar-refractivity contribution is 0.381. The van der Waals surface area contributed by atoms with E-state index in [0.29, 0.717) is 0 Å². The van der Waals surface area contributed by atoms with E-state index in [0.717, 1.165) is 22.3 Å². The van der Waals surface area contributed by atoms with Gasteiger partial charge >= 0.3 is 10.4 Å².